The predicted molar refractivity (Wildman–Crippen MR) is 81.6 cm³/mol. The largest absolute Gasteiger partial charge is 0.485 e. The molecule has 0 aliphatic heterocycles. The molecule has 20 heavy (non-hydrogen) atoms. The highest BCUT2D eigenvalue weighted by atomic mass is 79.9. The van der Waals surface area contributed by atoms with Crippen molar-refractivity contribution in [3.63, 3.8) is 0 Å². The van der Waals surface area contributed by atoms with E-state index in [1.165, 1.54) is 6.07 Å². The van der Waals surface area contributed by atoms with Crippen LogP contribution in [-0.2, 0) is 6.61 Å². The van der Waals surface area contributed by atoms with E-state index >= 15 is 0 Å². The van der Waals surface area contributed by atoms with Crippen molar-refractivity contribution in [2.75, 3.05) is 0 Å². The average molecular weight is 356 g/mol. The van der Waals surface area contributed by atoms with Gasteiger partial charge >= 0.3 is 5.97 Å². The lowest BCUT2D eigenvalue weighted by Crippen LogP contribution is -2.04. The van der Waals surface area contributed by atoms with Crippen LogP contribution < -0.4 is 4.74 Å². The van der Waals surface area contributed by atoms with Gasteiger partial charge in [-0.2, -0.15) is 0 Å². The Morgan fingerprint density at radius 1 is 1.50 bits per heavy atom. The van der Waals surface area contributed by atoms with E-state index < -0.39 is 5.97 Å². The van der Waals surface area contributed by atoms with Gasteiger partial charge in [-0.1, -0.05) is 19.9 Å². The number of rotatable bonds is 5. The maximum atomic E-state index is 11.2. The van der Waals surface area contributed by atoms with Gasteiger partial charge in [0.2, 0.25) is 0 Å². The highest BCUT2D eigenvalue weighted by molar-refractivity contribution is 9.10. The summed E-state index contributed by atoms with van der Waals surface area (Å²) in [6.07, 6.45) is 0. The molecule has 2 rings (SSSR count). The fraction of sp³-hybridized carbons (Fsp3) is 0.286. The molecule has 0 bridgehead atoms. The number of carboxylic acid groups (broad SMARTS) is 1. The summed E-state index contributed by atoms with van der Waals surface area (Å²) in [6, 6.07) is 4.94. The fourth-order valence-electron chi connectivity index (χ4n) is 1.62. The van der Waals surface area contributed by atoms with E-state index in [1.807, 2.05) is 5.38 Å². The zero-order valence-corrected chi connectivity index (χ0v) is 13.5. The van der Waals surface area contributed by atoms with E-state index in [2.05, 4.69) is 34.8 Å². The number of aromatic nitrogens is 1. The maximum absolute atomic E-state index is 11.2. The molecule has 0 aliphatic carbocycles. The smallest absolute Gasteiger partial charge is 0.339 e. The Balaban J connectivity index is 2.16. The molecule has 4 nitrogen and oxygen atoms in total. The van der Waals surface area contributed by atoms with Gasteiger partial charge in [-0.15, -0.1) is 11.3 Å². The van der Waals surface area contributed by atoms with Gasteiger partial charge in [0, 0.05) is 11.3 Å². The van der Waals surface area contributed by atoms with E-state index in [4.69, 9.17) is 9.84 Å². The second-order valence-electron chi connectivity index (χ2n) is 4.54. The van der Waals surface area contributed by atoms with Crippen molar-refractivity contribution >= 4 is 33.2 Å². The van der Waals surface area contributed by atoms with Gasteiger partial charge in [0.15, 0.2) is 0 Å². The number of ether oxygens (including phenoxy) is 1. The first-order valence-electron chi connectivity index (χ1n) is 6.08. The summed E-state index contributed by atoms with van der Waals surface area (Å²) in [5.74, 6) is -0.298. The molecule has 106 valence electrons. The van der Waals surface area contributed by atoms with E-state index in [1.54, 1.807) is 23.5 Å². The Kier molecular flexibility index (Phi) is 4.77. The molecule has 0 amide bonds. The van der Waals surface area contributed by atoms with Crippen LogP contribution in [0.2, 0.25) is 0 Å². The molecule has 0 spiro atoms. The average Bonchev–Trinajstić information content (AvgIpc) is 2.86. The number of aromatic carboxylic acids is 1. The lowest BCUT2D eigenvalue weighted by Gasteiger charge is -2.09. The van der Waals surface area contributed by atoms with Gasteiger partial charge in [0.1, 0.15) is 17.9 Å². The van der Waals surface area contributed by atoms with Crippen LogP contribution >= 0.6 is 27.3 Å². The molecule has 0 fully saturated rings. The number of carboxylic acids is 1. The molecule has 0 saturated carbocycles. The standard InChI is InChI=1S/C14H14BrNO3S/c1-8(2)13-16-9(7-20-13)6-19-12-10(14(17)18)4-3-5-11(12)15/h3-5,7-8H,6H2,1-2H3,(H,17,18). The van der Waals surface area contributed by atoms with E-state index in [-0.39, 0.29) is 12.2 Å². The topological polar surface area (TPSA) is 59.4 Å². The van der Waals surface area contributed by atoms with E-state index in [0.29, 0.717) is 16.1 Å². The van der Waals surface area contributed by atoms with Crippen LogP contribution in [0.5, 0.6) is 5.75 Å². The third-order valence-corrected chi connectivity index (χ3v) is 4.44. The first-order chi connectivity index (χ1) is 9.49. The summed E-state index contributed by atoms with van der Waals surface area (Å²) in [4.78, 5) is 15.6. The first kappa shape index (κ1) is 15.0. The van der Waals surface area contributed by atoms with Crippen LogP contribution in [0.15, 0.2) is 28.1 Å². The molecule has 1 aromatic heterocycles. The minimum absolute atomic E-state index is 0.138. The van der Waals surface area contributed by atoms with Crippen LogP contribution in [-0.4, -0.2) is 16.1 Å². The molecule has 1 aromatic carbocycles. The zero-order valence-electron chi connectivity index (χ0n) is 11.1. The Bertz CT molecular complexity index is 625. The van der Waals surface area contributed by atoms with Gasteiger partial charge in [0.05, 0.1) is 15.2 Å². The number of halogens is 1. The zero-order chi connectivity index (χ0) is 14.7. The van der Waals surface area contributed by atoms with E-state index in [0.717, 1.165) is 10.7 Å². The molecule has 2 aromatic rings. The SMILES string of the molecule is CC(C)c1nc(COc2c(Br)cccc2C(=O)O)cs1. The molecule has 0 aliphatic rings. The van der Waals surface area contributed by atoms with Gasteiger partial charge in [-0.05, 0) is 28.1 Å². The third kappa shape index (κ3) is 3.37. The van der Waals surface area contributed by atoms with Gasteiger partial charge in [-0.25, -0.2) is 9.78 Å². The summed E-state index contributed by atoms with van der Waals surface area (Å²) in [6.45, 7) is 4.42. The molecule has 0 atom stereocenters. The first-order valence-corrected chi connectivity index (χ1v) is 7.75. The summed E-state index contributed by atoms with van der Waals surface area (Å²) in [5, 5.41) is 12.1. The van der Waals surface area contributed by atoms with Gasteiger partial charge < -0.3 is 9.84 Å². The molecule has 0 radical (unpaired) electrons. The highest BCUT2D eigenvalue weighted by Crippen LogP contribution is 2.30. The third-order valence-electron chi connectivity index (χ3n) is 2.63. The van der Waals surface area contributed by atoms with Crippen molar-refractivity contribution in [2.24, 2.45) is 0 Å². The van der Waals surface area contributed by atoms with Crippen molar-refractivity contribution in [1.29, 1.82) is 0 Å². The summed E-state index contributed by atoms with van der Waals surface area (Å²) >= 11 is 4.90. The number of para-hydroxylation sites is 1. The van der Waals surface area contributed by atoms with Crippen LogP contribution in [0.3, 0.4) is 0 Å². The monoisotopic (exact) mass is 355 g/mol. The van der Waals surface area contributed by atoms with Gasteiger partial charge in [0.25, 0.3) is 0 Å². The molecule has 1 N–H and O–H groups in total. The van der Waals surface area contributed by atoms with Crippen molar-refractivity contribution in [3.8, 4) is 5.75 Å². The second-order valence-corrected chi connectivity index (χ2v) is 6.29. The highest BCUT2D eigenvalue weighted by Gasteiger charge is 2.15. The van der Waals surface area contributed by atoms with Crippen molar-refractivity contribution in [1.82, 2.24) is 4.98 Å². The van der Waals surface area contributed by atoms with Gasteiger partial charge in [-0.3, -0.25) is 0 Å². The lowest BCUT2D eigenvalue weighted by atomic mass is 10.2. The maximum Gasteiger partial charge on any atom is 0.339 e. The summed E-state index contributed by atoms with van der Waals surface area (Å²) in [7, 11) is 0. The Labute approximate surface area is 129 Å². The van der Waals surface area contributed by atoms with Crippen LogP contribution in [0.25, 0.3) is 0 Å². The summed E-state index contributed by atoms with van der Waals surface area (Å²) < 4.78 is 6.25. The number of hydrogen-bond donors (Lipinski definition) is 1. The molecule has 1 heterocycles. The molecular weight excluding hydrogens is 342 g/mol. The minimum atomic E-state index is -1.01. The van der Waals surface area contributed by atoms with Crippen LogP contribution in [0.1, 0.15) is 40.8 Å². The Morgan fingerprint density at radius 3 is 2.85 bits per heavy atom. The number of hydrogen-bond acceptors (Lipinski definition) is 4. The fourth-order valence-corrected chi connectivity index (χ4v) is 2.92. The van der Waals surface area contributed by atoms with E-state index in [9.17, 15) is 4.79 Å². The predicted octanol–water partition coefficient (Wildman–Crippen LogP) is 4.31. The number of carbonyl (C=O) groups is 1. The normalized spacial score (nSPS) is 10.8. The van der Waals surface area contributed by atoms with Crippen molar-refractivity contribution in [2.45, 2.75) is 26.4 Å². The van der Waals surface area contributed by atoms with Crippen LogP contribution in [0.4, 0.5) is 0 Å². The number of benzene rings is 1. The molecule has 0 unspecified atom stereocenters. The Hall–Kier alpha value is -1.40. The van der Waals surface area contributed by atoms with Crippen LogP contribution in [0, 0.1) is 0 Å². The second kappa shape index (κ2) is 6.37. The molecule has 0 saturated heterocycles. The minimum Gasteiger partial charge on any atom is -0.485 e. The quantitative estimate of drug-likeness (QED) is 0.868. The molecule has 6 heteroatoms. The molecular formula is C14H14BrNO3S. The van der Waals surface area contributed by atoms with Crippen molar-refractivity contribution in [3.05, 3.63) is 44.3 Å². The van der Waals surface area contributed by atoms with Crippen molar-refractivity contribution < 1.29 is 14.6 Å². The number of thiazole rings is 1. The lowest BCUT2D eigenvalue weighted by molar-refractivity contribution is 0.0691. The number of nitrogens with zero attached hydrogens (tertiary/aromatic N) is 1. The Morgan fingerprint density at radius 2 is 2.25 bits per heavy atom. The summed E-state index contributed by atoms with van der Waals surface area (Å²) in [5.41, 5.74) is 0.949.